The van der Waals surface area contributed by atoms with E-state index in [1.165, 1.54) is 19.3 Å². The highest BCUT2D eigenvalue weighted by Crippen LogP contribution is 2.28. The molecule has 0 aliphatic heterocycles. The van der Waals surface area contributed by atoms with Crippen molar-refractivity contribution in [1.82, 2.24) is 0 Å². The lowest BCUT2D eigenvalue weighted by Crippen LogP contribution is -2.18. The Hall–Kier alpha value is -2.33. The Morgan fingerprint density at radius 2 is 1.69 bits per heavy atom. The summed E-state index contributed by atoms with van der Waals surface area (Å²) in [6.07, 6.45) is 6.56. The van der Waals surface area contributed by atoms with Gasteiger partial charge in [-0.05, 0) is 49.1 Å². The second-order valence-corrected chi connectivity index (χ2v) is 7.18. The fourth-order valence-corrected chi connectivity index (χ4v) is 3.57. The van der Waals surface area contributed by atoms with E-state index in [0.29, 0.717) is 34.3 Å². The molecule has 2 N–H and O–H groups in total. The van der Waals surface area contributed by atoms with Crippen molar-refractivity contribution in [3.8, 4) is 0 Å². The number of anilines is 2. The molecule has 0 spiro atoms. The third-order valence-corrected chi connectivity index (χ3v) is 5.05. The Balaban J connectivity index is 1.58. The minimum atomic E-state index is -0.221. The van der Waals surface area contributed by atoms with Gasteiger partial charge in [-0.2, -0.15) is 0 Å². The topological polar surface area (TPSA) is 58.2 Å². The molecular formula is C21H23ClN2O2. The van der Waals surface area contributed by atoms with Gasteiger partial charge in [0.05, 0.1) is 10.7 Å². The Kier molecular flexibility index (Phi) is 6.29. The highest BCUT2D eigenvalue weighted by atomic mass is 35.5. The average Bonchev–Trinajstić information content (AvgIpc) is 2.65. The molecule has 0 radical (unpaired) electrons. The van der Waals surface area contributed by atoms with Gasteiger partial charge < -0.3 is 10.6 Å². The van der Waals surface area contributed by atoms with Crippen LogP contribution in [-0.2, 0) is 4.79 Å². The molecule has 0 saturated heterocycles. The van der Waals surface area contributed by atoms with Crippen LogP contribution in [0.4, 0.5) is 11.4 Å². The largest absolute Gasteiger partial charge is 0.326 e. The van der Waals surface area contributed by atoms with Gasteiger partial charge in [0.1, 0.15) is 0 Å². The van der Waals surface area contributed by atoms with Crippen LogP contribution in [0.3, 0.4) is 0 Å². The second kappa shape index (κ2) is 8.86. The van der Waals surface area contributed by atoms with E-state index in [0.717, 1.165) is 12.8 Å². The summed E-state index contributed by atoms with van der Waals surface area (Å²) < 4.78 is 0. The zero-order valence-corrected chi connectivity index (χ0v) is 15.4. The van der Waals surface area contributed by atoms with Crippen molar-refractivity contribution in [3.05, 3.63) is 59.1 Å². The van der Waals surface area contributed by atoms with Gasteiger partial charge in [0.25, 0.3) is 5.91 Å². The molecular weight excluding hydrogens is 348 g/mol. The van der Waals surface area contributed by atoms with Gasteiger partial charge in [0, 0.05) is 17.7 Å². The van der Waals surface area contributed by atoms with Gasteiger partial charge in [-0.1, -0.05) is 49.1 Å². The maximum Gasteiger partial charge on any atom is 0.255 e. The summed E-state index contributed by atoms with van der Waals surface area (Å²) >= 11 is 6.27. The molecule has 5 heteroatoms. The molecule has 0 heterocycles. The lowest BCUT2D eigenvalue weighted by Gasteiger charge is -2.20. The van der Waals surface area contributed by atoms with E-state index in [1.807, 2.05) is 18.2 Å². The minimum absolute atomic E-state index is 0.0223. The van der Waals surface area contributed by atoms with Crippen molar-refractivity contribution < 1.29 is 9.59 Å². The Labute approximate surface area is 158 Å². The second-order valence-electron chi connectivity index (χ2n) is 6.77. The summed E-state index contributed by atoms with van der Waals surface area (Å²) in [5, 5.41) is 6.09. The van der Waals surface area contributed by atoms with E-state index in [1.54, 1.807) is 30.3 Å². The first-order chi connectivity index (χ1) is 12.6. The quantitative estimate of drug-likeness (QED) is 0.729. The summed E-state index contributed by atoms with van der Waals surface area (Å²) in [6.45, 7) is 0. The first kappa shape index (κ1) is 18.5. The monoisotopic (exact) mass is 370 g/mol. The summed E-state index contributed by atoms with van der Waals surface area (Å²) in [4.78, 5) is 24.4. The first-order valence-electron chi connectivity index (χ1n) is 9.07. The van der Waals surface area contributed by atoms with E-state index < -0.39 is 0 Å². The van der Waals surface area contributed by atoms with Crippen molar-refractivity contribution >= 4 is 34.8 Å². The van der Waals surface area contributed by atoms with Crippen molar-refractivity contribution in [1.29, 1.82) is 0 Å². The molecule has 0 unspecified atom stereocenters. The van der Waals surface area contributed by atoms with Gasteiger partial charge in [-0.3, -0.25) is 9.59 Å². The third-order valence-electron chi connectivity index (χ3n) is 4.74. The normalized spacial score (nSPS) is 14.7. The Morgan fingerprint density at radius 1 is 0.962 bits per heavy atom. The summed E-state index contributed by atoms with van der Waals surface area (Å²) in [6, 6.07) is 14.1. The van der Waals surface area contributed by atoms with E-state index >= 15 is 0 Å². The number of nitrogens with one attached hydrogen (secondary N) is 2. The summed E-state index contributed by atoms with van der Waals surface area (Å²) in [7, 11) is 0. The highest BCUT2D eigenvalue weighted by Gasteiger charge is 2.17. The number of rotatable bonds is 5. The van der Waals surface area contributed by atoms with E-state index in [2.05, 4.69) is 10.6 Å². The molecule has 4 nitrogen and oxygen atoms in total. The molecule has 136 valence electrons. The van der Waals surface area contributed by atoms with Crippen LogP contribution in [0.1, 0.15) is 48.9 Å². The van der Waals surface area contributed by atoms with Crippen molar-refractivity contribution in [3.63, 3.8) is 0 Å². The maximum atomic E-state index is 12.2. The highest BCUT2D eigenvalue weighted by molar-refractivity contribution is 6.34. The number of amides is 2. The molecule has 0 bridgehead atoms. The number of hydrogen-bond acceptors (Lipinski definition) is 2. The van der Waals surface area contributed by atoms with E-state index in [4.69, 9.17) is 11.6 Å². The molecule has 2 aromatic rings. The zero-order valence-electron chi connectivity index (χ0n) is 14.6. The first-order valence-corrected chi connectivity index (χ1v) is 9.45. The standard InChI is InChI=1S/C21H23ClN2O2/c22-18-14-17(23-20(25)13-15-7-3-1-4-8-15)11-12-19(18)24-21(26)16-9-5-2-6-10-16/h2,5-6,9-12,14-15H,1,3-4,7-8,13H2,(H,23,25)(H,24,26). The number of hydrogen-bond donors (Lipinski definition) is 2. The summed E-state index contributed by atoms with van der Waals surface area (Å²) in [5.41, 5.74) is 1.73. The fourth-order valence-electron chi connectivity index (χ4n) is 3.34. The molecule has 1 saturated carbocycles. The number of carbonyl (C=O) groups excluding carboxylic acids is 2. The zero-order chi connectivity index (χ0) is 18.4. The lowest BCUT2D eigenvalue weighted by atomic mass is 9.87. The number of carbonyl (C=O) groups is 2. The molecule has 2 amide bonds. The van der Waals surface area contributed by atoms with Crippen LogP contribution in [0.15, 0.2) is 48.5 Å². The number of benzene rings is 2. The molecule has 1 aliphatic carbocycles. The van der Waals surface area contributed by atoms with Crippen LogP contribution >= 0.6 is 11.6 Å². The predicted molar refractivity (Wildman–Crippen MR) is 106 cm³/mol. The van der Waals surface area contributed by atoms with Gasteiger partial charge >= 0.3 is 0 Å². The summed E-state index contributed by atoms with van der Waals surface area (Å²) in [5.74, 6) is 0.291. The van der Waals surface area contributed by atoms with Crippen LogP contribution in [0.2, 0.25) is 5.02 Å². The molecule has 26 heavy (non-hydrogen) atoms. The molecule has 1 fully saturated rings. The number of halogens is 1. The Bertz CT molecular complexity index is 771. The Morgan fingerprint density at radius 3 is 2.38 bits per heavy atom. The maximum absolute atomic E-state index is 12.2. The van der Waals surface area contributed by atoms with Gasteiger partial charge in [0.2, 0.25) is 5.91 Å². The molecule has 3 rings (SSSR count). The predicted octanol–water partition coefficient (Wildman–Crippen LogP) is 5.50. The lowest BCUT2D eigenvalue weighted by molar-refractivity contribution is -0.117. The van der Waals surface area contributed by atoms with Crippen LogP contribution in [0.5, 0.6) is 0 Å². The van der Waals surface area contributed by atoms with Gasteiger partial charge in [-0.25, -0.2) is 0 Å². The van der Waals surface area contributed by atoms with E-state index in [-0.39, 0.29) is 11.8 Å². The average molecular weight is 371 g/mol. The third kappa shape index (κ3) is 5.09. The fraction of sp³-hybridized carbons (Fsp3) is 0.333. The van der Waals surface area contributed by atoms with Crippen LogP contribution < -0.4 is 10.6 Å². The van der Waals surface area contributed by atoms with Crippen molar-refractivity contribution in [2.75, 3.05) is 10.6 Å². The molecule has 0 atom stereocenters. The van der Waals surface area contributed by atoms with Crippen LogP contribution in [-0.4, -0.2) is 11.8 Å². The molecule has 2 aromatic carbocycles. The smallest absolute Gasteiger partial charge is 0.255 e. The SMILES string of the molecule is O=C(CC1CCCCC1)Nc1ccc(NC(=O)c2ccccc2)c(Cl)c1. The molecule has 0 aromatic heterocycles. The van der Waals surface area contributed by atoms with Crippen molar-refractivity contribution in [2.24, 2.45) is 5.92 Å². The van der Waals surface area contributed by atoms with Gasteiger partial charge in [0.15, 0.2) is 0 Å². The van der Waals surface area contributed by atoms with E-state index in [9.17, 15) is 9.59 Å². The molecule has 1 aliphatic rings. The van der Waals surface area contributed by atoms with Crippen molar-refractivity contribution in [2.45, 2.75) is 38.5 Å². The van der Waals surface area contributed by atoms with Crippen LogP contribution in [0, 0.1) is 5.92 Å². The minimum Gasteiger partial charge on any atom is -0.326 e. The van der Waals surface area contributed by atoms with Gasteiger partial charge in [-0.15, -0.1) is 0 Å². The van der Waals surface area contributed by atoms with Crippen LogP contribution in [0.25, 0.3) is 0 Å².